The molecule has 5 heteroatoms. The maximum atomic E-state index is 13.7. The zero-order valence-electron chi connectivity index (χ0n) is 18.0. The first kappa shape index (κ1) is 20.4. The Hall–Kier alpha value is -3.50. The Morgan fingerprint density at radius 3 is 2.28 bits per heavy atom. The van der Waals surface area contributed by atoms with Crippen LogP contribution in [-0.4, -0.2) is 24.1 Å². The van der Waals surface area contributed by atoms with Crippen molar-refractivity contribution in [1.29, 1.82) is 0 Å². The highest BCUT2D eigenvalue weighted by Crippen LogP contribution is 2.39. The Balaban J connectivity index is 1.74. The molecular formula is C27H23ClN2O2. The molecule has 1 aromatic heterocycles. The number of anilines is 1. The van der Waals surface area contributed by atoms with Crippen molar-refractivity contribution in [1.82, 2.24) is 4.57 Å². The van der Waals surface area contributed by atoms with E-state index in [1.807, 2.05) is 90.7 Å². The van der Waals surface area contributed by atoms with Gasteiger partial charge in [0.2, 0.25) is 0 Å². The van der Waals surface area contributed by atoms with Crippen LogP contribution in [0.3, 0.4) is 0 Å². The van der Waals surface area contributed by atoms with Gasteiger partial charge in [0.25, 0.3) is 5.91 Å². The van der Waals surface area contributed by atoms with Crippen LogP contribution in [0.5, 0.6) is 5.75 Å². The number of carbonyl (C=O) groups excluding carboxylic acids is 1. The summed E-state index contributed by atoms with van der Waals surface area (Å²) in [6.07, 6.45) is 0.734. The standard InChI is InChI=1S/C27H23ClN2O2/c1-18-25-24(16-17-29(27(25)31)20-8-4-3-5-9-20)30(23-11-7-6-10-22(23)28)26(18)19-12-14-21(32-2)15-13-19/h3-15H,16-17H2,1-2H3. The number of ether oxygens (including phenoxy) is 1. The van der Waals surface area contributed by atoms with E-state index >= 15 is 0 Å². The van der Waals surface area contributed by atoms with Gasteiger partial charge in [-0.15, -0.1) is 0 Å². The van der Waals surface area contributed by atoms with Crippen molar-refractivity contribution < 1.29 is 9.53 Å². The van der Waals surface area contributed by atoms with E-state index in [2.05, 4.69) is 4.57 Å². The summed E-state index contributed by atoms with van der Waals surface area (Å²) in [5.74, 6) is 0.814. The quantitative estimate of drug-likeness (QED) is 0.370. The molecule has 160 valence electrons. The van der Waals surface area contributed by atoms with E-state index in [0.29, 0.717) is 11.6 Å². The van der Waals surface area contributed by atoms with Gasteiger partial charge in [-0.05, 0) is 66.6 Å². The van der Waals surface area contributed by atoms with E-state index in [0.717, 1.165) is 51.6 Å². The van der Waals surface area contributed by atoms with Gasteiger partial charge >= 0.3 is 0 Å². The largest absolute Gasteiger partial charge is 0.497 e. The Labute approximate surface area is 192 Å². The van der Waals surface area contributed by atoms with Crippen LogP contribution < -0.4 is 9.64 Å². The predicted octanol–water partition coefficient (Wildman–Crippen LogP) is 6.32. The minimum Gasteiger partial charge on any atom is -0.497 e. The van der Waals surface area contributed by atoms with Gasteiger partial charge in [-0.1, -0.05) is 41.9 Å². The average molecular weight is 443 g/mol. The first-order valence-electron chi connectivity index (χ1n) is 10.6. The molecule has 0 bridgehead atoms. The van der Waals surface area contributed by atoms with Crippen molar-refractivity contribution in [3.05, 3.63) is 101 Å². The summed E-state index contributed by atoms with van der Waals surface area (Å²) in [4.78, 5) is 15.6. The van der Waals surface area contributed by atoms with E-state index in [4.69, 9.17) is 16.3 Å². The van der Waals surface area contributed by atoms with Gasteiger partial charge in [-0.3, -0.25) is 4.79 Å². The summed E-state index contributed by atoms with van der Waals surface area (Å²) in [6.45, 7) is 2.64. The van der Waals surface area contributed by atoms with E-state index in [1.165, 1.54) is 0 Å². The molecule has 0 aliphatic carbocycles. The van der Waals surface area contributed by atoms with E-state index in [-0.39, 0.29) is 5.91 Å². The highest BCUT2D eigenvalue weighted by Gasteiger charge is 2.34. The fourth-order valence-corrected chi connectivity index (χ4v) is 4.79. The van der Waals surface area contributed by atoms with Gasteiger partial charge in [0, 0.05) is 24.3 Å². The molecule has 0 N–H and O–H groups in total. The molecule has 0 fully saturated rings. The molecule has 1 aliphatic rings. The number of halogens is 1. The third-order valence-electron chi connectivity index (χ3n) is 6.07. The fraction of sp³-hybridized carbons (Fsp3) is 0.148. The normalized spacial score (nSPS) is 13.2. The van der Waals surface area contributed by atoms with Gasteiger partial charge < -0.3 is 14.2 Å². The Kier molecular flexibility index (Phi) is 5.24. The number of benzene rings is 3. The third kappa shape index (κ3) is 3.28. The number of aromatic nitrogens is 1. The number of hydrogen-bond acceptors (Lipinski definition) is 2. The van der Waals surface area contributed by atoms with Crippen LogP contribution in [0, 0.1) is 6.92 Å². The predicted molar refractivity (Wildman–Crippen MR) is 129 cm³/mol. The Morgan fingerprint density at radius 2 is 1.59 bits per heavy atom. The second-order valence-corrected chi connectivity index (χ2v) is 8.26. The molecule has 3 aromatic carbocycles. The van der Waals surface area contributed by atoms with Crippen molar-refractivity contribution in [3.8, 4) is 22.7 Å². The van der Waals surface area contributed by atoms with Gasteiger partial charge in [-0.25, -0.2) is 0 Å². The second-order valence-electron chi connectivity index (χ2n) is 7.85. The number of para-hydroxylation sites is 2. The monoisotopic (exact) mass is 442 g/mol. The second kappa shape index (κ2) is 8.21. The molecule has 0 saturated heterocycles. The van der Waals surface area contributed by atoms with Crippen LogP contribution in [0.1, 0.15) is 21.6 Å². The van der Waals surface area contributed by atoms with Crippen LogP contribution in [0.4, 0.5) is 5.69 Å². The van der Waals surface area contributed by atoms with Crippen LogP contribution in [0.2, 0.25) is 5.02 Å². The van der Waals surface area contributed by atoms with E-state index < -0.39 is 0 Å². The number of rotatable bonds is 4. The molecule has 5 rings (SSSR count). The molecule has 1 aliphatic heterocycles. The molecule has 2 heterocycles. The fourth-order valence-electron chi connectivity index (χ4n) is 4.57. The van der Waals surface area contributed by atoms with E-state index in [1.54, 1.807) is 7.11 Å². The summed E-state index contributed by atoms with van der Waals surface area (Å²) >= 11 is 6.64. The smallest absolute Gasteiger partial charge is 0.260 e. The van der Waals surface area contributed by atoms with Crippen molar-refractivity contribution in [2.24, 2.45) is 0 Å². The highest BCUT2D eigenvalue weighted by molar-refractivity contribution is 6.32. The lowest BCUT2D eigenvalue weighted by Gasteiger charge is -2.28. The lowest BCUT2D eigenvalue weighted by Crippen LogP contribution is -2.38. The number of fused-ring (bicyclic) bond motifs is 1. The van der Waals surface area contributed by atoms with Gasteiger partial charge in [0.05, 0.1) is 29.1 Å². The summed E-state index contributed by atoms with van der Waals surface area (Å²) in [7, 11) is 1.65. The van der Waals surface area contributed by atoms with E-state index in [9.17, 15) is 4.79 Å². The number of hydrogen-bond donors (Lipinski definition) is 0. The number of carbonyl (C=O) groups is 1. The van der Waals surface area contributed by atoms with Gasteiger partial charge in [0.15, 0.2) is 0 Å². The minimum absolute atomic E-state index is 0.0236. The molecule has 0 spiro atoms. The van der Waals surface area contributed by atoms with Crippen LogP contribution in [-0.2, 0) is 6.42 Å². The molecule has 0 saturated carbocycles. The van der Waals surface area contributed by atoms with Crippen molar-refractivity contribution >= 4 is 23.2 Å². The Morgan fingerprint density at radius 1 is 0.906 bits per heavy atom. The first-order valence-corrected chi connectivity index (χ1v) is 11.0. The summed E-state index contributed by atoms with van der Waals surface area (Å²) in [5.41, 5.74) is 6.50. The van der Waals surface area contributed by atoms with Crippen LogP contribution in [0.15, 0.2) is 78.9 Å². The van der Waals surface area contributed by atoms with Crippen molar-refractivity contribution in [2.45, 2.75) is 13.3 Å². The maximum Gasteiger partial charge on any atom is 0.260 e. The molecule has 32 heavy (non-hydrogen) atoms. The third-order valence-corrected chi connectivity index (χ3v) is 6.39. The van der Waals surface area contributed by atoms with Crippen LogP contribution in [0.25, 0.3) is 16.9 Å². The summed E-state index contributed by atoms with van der Waals surface area (Å²) < 4.78 is 7.50. The molecule has 4 nitrogen and oxygen atoms in total. The molecule has 0 atom stereocenters. The van der Waals surface area contributed by atoms with Gasteiger partial charge in [0.1, 0.15) is 5.75 Å². The van der Waals surface area contributed by atoms with Crippen molar-refractivity contribution in [2.75, 3.05) is 18.6 Å². The molecular weight excluding hydrogens is 420 g/mol. The molecule has 0 unspecified atom stereocenters. The van der Waals surface area contributed by atoms with Gasteiger partial charge in [-0.2, -0.15) is 0 Å². The zero-order chi connectivity index (χ0) is 22.2. The number of amides is 1. The first-order chi connectivity index (χ1) is 15.6. The lowest BCUT2D eigenvalue weighted by molar-refractivity contribution is 0.0980. The molecule has 4 aromatic rings. The lowest BCUT2D eigenvalue weighted by atomic mass is 10.0. The zero-order valence-corrected chi connectivity index (χ0v) is 18.8. The maximum absolute atomic E-state index is 13.7. The van der Waals surface area contributed by atoms with Crippen molar-refractivity contribution in [3.63, 3.8) is 0 Å². The number of nitrogens with zero attached hydrogens (tertiary/aromatic N) is 2. The molecule has 0 radical (unpaired) electrons. The number of methoxy groups -OCH3 is 1. The Bertz CT molecular complexity index is 1290. The SMILES string of the molecule is COc1ccc(-c2c(C)c3c(n2-c2ccccc2Cl)CCN(c2ccccc2)C3=O)cc1. The van der Waals surface area contributed by atoms with Crippen LogP contribution >= 0.6 is 11.6 Å². The minimum atomic E-state index is 0.0236. The summed E-state index contributed by atoms with van der Waals surface area (Å²) in [5, 5.41) is 0.651. The average Bonchev–Trinajstić information content (AvgIpc) is 3.13. The highest BCUT2D eigenvalue weighted by atomic mass is 35.5. The summed E-state index contributed by atoms with van der Waals surface area (Å²) in [6, 6.07) is 25.6. The molecule has 1 amide bonds. The topological polar surface area (TPSA) is 34.5 Å².